The highest BCUT2D eigenvalue weighted by Gasteiger charge is 2.21. The molecule has 0 aromatic heterocycles. The zero-order chi connectivity index (χ0) is 27.4. The Morgan fingerprint density at radius 2 is 1.30 bits per heavy atom. The van der Waals surface area contributed by atoms with Crippen molar-refractivity contribution in [1.82, 2.24) is 0 Å². The van der Waals surface area contributed by atoms with Gasteiger partial charge in [0.15, 0.2) is 6.40 Å². The highest BCUT2D eigenvalue weighted by Crippen LogP contribution is 2.40. The molecule has 0 atom stereocenters. The van der Waals surface area contributed by atoms with E-state index in [0.717, 1.165) is 36.2 Å². The summed E-state index contributed by atoms with van der Waals surface area (Å²) in [4.78, 5) is 2.66. The van der Waals surface area contributed by atoms with Crippen LogP contribution in [0.1, 0.15) is 5.56 Å². The summed E-state index contributed by atoms with van der Waals surface area (Å²) in [6, 6.07) is 11.0. The lowest BCUT2D eigenvalue weighted by Crippen LogP contribution is -2.04. The predicted molar refractivity (Wildman–Crippen MR) is 136 cm³/mol. The summed E-state index contributed by atoms with van der Waals surface area (Å²) in [6.45, 7) is 1.89. The third-order valence-corrected chi connectivity index (χ3v) is 6.43. The second kappa shape index (κ2) is 10.8. The predicted octanol–water partition coefficient (Wildman–Crippen LogP) is 4.79. The Hall–Kier alpha value is -4.25. The van der Waals surface area contributed by atoms with E-state index in [0.29, 0.717) is 5.69 Å². The molecule has 14 nitrogen and oxygen atoms in total. The van der Waals surface area contributed by atoms with E-state index in [1.807, 2.05) is 19.1 Å². The van der Waals surface area contributed by atoms with Crippen LogP contribution in [0.15, 0.2) is 83.8 Å². The minimum Gasteiger partial charge on any atom is -0.486 e. The van der Waals surface area contributed by atoms with Gasteiger partial charge in [-0.1, -0.05) is 17.7 Å². The van der Waals surface area contributed by atoms with Gasteiger partial charge in [-0.05, 0) is 43.3 Å². The summed E-state index contributed by atoms with van der Waals surface area (Å²) in [5, 5.41) is 15.7. The zero-order valence-electron chi connectivity index (χ0n) is 19.3. The average molecular weight is 548 g/mol. The molecule has 0 unspecified atom stereocenters. The molecular weight excluding hydrogens is 526 g/mol. The number of aryl methyl sites for hydroxylation is 1. The zero-order valence-corrected chi connectivity index (χ0v) is 21.0. The van der Waals surface area contributed by atoms with E-state index >= 15 is 0 Å². The lowest BCUT2D eigenvalue weighted by atomic mass is 10.2. The van der Waals surface area contributed by atoms with Gasteiger partial charge in [-0.15, -0.1) is 15.3 Å². The SMILES string of the molecule is COC=Nc1cc(N=Nc2cc(S(=O)(=O)O)c(N)cc2N)c(S(=O)(=O)O)cc1N=Nc1ccc(C)cc1. The molecule has 0 aliphatic carbocycles. The number of ether oxygens (including phenoxy) is 1. The Labute approximate surface area is 211 Å². The van der Waals surface area contributed by atoms with Crippen molar-refractivity contribution >= 4 is 66.4 Å². The van der Waals surface area contributed by atoms with E-state index in [-0.39, 0.29) is 28.4 Å². The van der Waals surface area contributed by atoms with Crippen molar-refractivity contribution in [3.05, 3.63) is 54.1 Å². The monoisotopic (exact) mass is 547 g/mol. The van der Waals surface area contributed by atoms with Gasteiger partial charge in [0.25, 0.3) is 20.2 Å². The van der Waals surface area contributed by atoms with Gasteiger partial charge in [0.2, 0.25) is 0 Å². The van der Waals surface area contributed by atoms with Crippen LogP contribution >= 0.6 is 0 Å². The van der Waals surface area contributed by atoms with Crippen LogP contribution in [0, 0.1) is 6.92 Å². The largest absolute Gasteiger partial charge is 0.486 e. The summed E-state index contributed by atoms with van der Waals surface area (Å²) in [7, 11) is -8.24. The Bertz CT molecular complexity index is 1630. The van der Waals surface area contributed by atoms with Gasteiger partial charge in [0.05, 0.1) is 29.9 Å². The third kappa shape index (κ3) is 6.91. The second-order valence-corrected chi connectivity index (χ2v) is 10.2. The first-order chi connectivity index (χ1) is 17.3. The van der Waals surface area contributed by atoms with E-state index in [1.54, 1.807) is 12.1 Å². The first-order valence-corrected chi connectivity index (χ1v) is 12.9. The van der Waals surface area contributed by atoms with Crippen LogP contribution < -0.4 is 11.5 Å². The van der Waals surface area contributed by atoms with Crippen molar-refractivity contribution in [2.24, 2.45) is 25.4 Å². The molecule has 0 spiro atoms. The lowest BCUT2D eigenvalue weighted by Gasteiger charge is -2.08. The van der Waals surface area contributed by atoms with Gasteiger partial charge in [0.1, 0.15) is 26.9 Å². The van der Waals surface area contributed by atoms with Gasteiger partial charge in [-0.2, -0.15) is 21.9 Å². The van der Waals surface area contributed by atoms with E-state index in [4.69, 9.17) is 16.2 Å². The summed E-state index contributed by atoms with van der Waals surface area (Å²) >= 11 is 0. The van der Waals surface area contributed by atoms with Gasteiger partial charge in [-0.3, -0.25) is 9.11 Å². The number of methoxy groups -OCH3 is 1. The quantitative estimate of drug-likeness (QED) is 0.0996. The molecule has 0 fully saturated rings. The minimum atomic E-state index is -4.86. The van der Waals surface area contributed by atoms with E-state index < -0.39 is 35.7 Å². The first-order valence-electron chi connectivity index (χ1n) is 10.1. The summed E-state index contributed by atoms with van der Waals surface area (Å²) < 4.78 is 71.3. The Morgan fingerprint density at radius 3 is 1.89 bits per heavy atom. The van der Waals surface area contributed by atoms with Crippen molar-refractivity contribution < 1.29 is 30.7 Å². The van der Waals surface area contributed by atoms with Crippen molar-refractivity contribution in [2.75, 3.05) is 18.6 Å². The second-order valence-electron chi connectivity index (χ2n) is 7.41. The molecule has 0 aliphatic heterocycles. The maximum absolute atomic E-state index is 12.1. The number of nitrogens with zero attached hydrogens (tertiary/aromatic N) is 5. The topological polar surface area (TPSA) is 232 Å². The molecule has 0 saturated carbocycles. The van der Waals surface area contributed by atoms with Crippen molar-refractivity contribution in [3.8, 4) is 0 Å². The Morgan fingerprint density at radius 1 is 0.730 bits per heavy atom. The highest BCUT2D eigenvalue weighted by atomic mass is 32.2. The lowest BCUT2D eigenvalue weighted by molar-refractivity contribution is 0.423. The van der Waals surface area contributed by atoms with Crippen molar-refractivity contribution in [2.45, 2.75) is 16.7 Å². The van der Waals surface area contributed by atoms with Gasteiger partial charge in [-0.25, -0.2) is 4.99 Å². The van der Waals surface area contributed by atoms with Crippen LogP contribution in [0.3, 0.4) is 0 Å². The smallest absolute Gasteiger partial charge is 0.296 e. The number of hydrogen-bond donors (Lipinski definition) is 4. The fourth-order valence-corrected chi connectivity index (χ4v) is 4.11. The summed E-state index contributed by atoms with van der Waals surface area (Å²) in [6.07, 6.45) is 1.05. The van der Waals surface area contributed by atoms with Crippen LogP contribution in [0.5, 0.6) is 0 Å². The Kier molecular flexibility index (Phi) is 7.97. The fraction of sp³-hybridized carbons (Fsp3) is 0.0952. The molecular formula is C21H21N7O7S2. The molecule has 37 heavy (non-hydrogen) atoms. The number of nitrogens with two attached hydrogens (primary N) is 2. The molecule has 0 amide bonds. The molecule has 3 aromatic carbocycles. The van der Waals surface area contributed by atoms with E-state index in [1.165, 1.54) is 7.11 Å². The van der Waals surface area contributed by atoms with Crippen LogP contribution in [-0.2, 0) is 25.0 Å². The number of benzene rings is 3. The van der Waals surface area contributed by atoms with Crippen LogP contribution in [0.4, 0.5) is 39.8 Å². The molecule has 0 bridgehead atoms. The fourth-order valence-electron chi connectivity index (χ4n) is 2.87. The normalized spacial score (nSPS) is 12.6. The summed E-state index contributed by atoms with van der Waals surface area (Å²) in [5.41, 5.74) is 11.7. The van der Waals surface area contributed by atoms with Gasteiger partial charge >= 0.3 is 0 Å². The minimum absolute atomic E-state index is 0.0444. The maximum atomic E-state index is 12.1. The number of azo groups is 2. The van der Waals surface area contributed by atoms with Crippen molar-refractivity contribution in [1.29, 1.82) is 0 Å². The number of rotatable bonds is 8. The van der Waals surface area contributed by atoms with E-state index in [9.17, 15) is 25.9 Å². The van der Waals surface area contributed by atoms with Crippen LogP contribution in [-0.4, -0.2) is 39.5 Å². The summed E-state index contributed by atoms with van der Waals surface area (Å²) in [5.74, 6) is 0. The molecule has 3 aromatic rings. The molecule has 194 valence electrons. The first kappa shape index (κ1) is 27.3. The standard InChI is InChI=1S/C21H21N7O7S2/c1-12-3-5-13(6-4-12)25-27-18-10-21(37(32,33)34)19(8-17(18)24-11-35-2)28-26-16-9-20(36(29,30)31)15(23)7-14(16)22/h3-11H,22-23H2,1-2H3,(H,29,30,31)(H,32,33,34). The number of hydrogen-bond acceptors (Lipinski definition) is 12. The molecule has 6 N–H and O–H groups in total. The molecule has 16 heteroatoms. The molecule has 0 saturated heterocycles. The van der Waals surface area contributed by atoms with Crippen LogP contribution in [0.2, 0.25) is 0 Å². The molecule has 0 heterocycles. The van der Waals surface area contributed by atoms with Crippen molar-refractivity contribution in [3.63, 3.8) is 0 Å². The maximum Gasteiger partial charge on any atom is 0.296 e. The number of nitrogen functional groups attached to an aromatic ring is 2. The number of anilines is 2. The Balaban J connectivity index is 2.17. The average Bonchev–Trinajstić information content (AvgIpc) is 2.80. The van der Waals surface area contributed by atoms with Gasteiger partial charge in [0, 0.05) is 0 Å². The van der Waals surface area contributed by atoms with E-state index in [2.05, 4.69) is 25.4 Å². The van der Waals surface area contributed by atoms with Gasteiger partial charge < -0.3 is 16.2 Å². The molecule has 0 radical (unpaired) electrons. The highest BCUT2D eigenvalue weighted by molar-refractivity contribution is 7.86. The molecule has 3 rings (SSSR count). The number of aliphatic imine (C=N–C) groups is 1. The third-order valence-electron chi connectivity index (χ3n) is 4.64. The molecule has 0 aliphatic rings. The van der Waals surface area contributed by atoms with Crippen LogP contribution in [0.25, 0.3) is 0 Å².